The Morgan fingerprint density at radius 3 is 2.88 bits per heavy atom. The highest BCUT2D eigenvalue weighted by Gasteiger charge is 2.09. The topological polar surface area (TPSA) is 65.1 Å². The first-order valence-electron chi connectivity index (χ1n) is 5.35. The lowest BCUT2D eigenvalue weighted by molar-refractivity contribution is 0.452. The number of phenols is 1. The van der Waals surface area contributed by atoms with Crippen molar-refractivity contribution in [2.75, 3.05) is 0 Å². The average Bonchev–Trinajstić information content (AvgIpc) is 2.73. The van der Waals surface area contributed by atoms with Crippen LogP contribution in [0.3, 0.4) is 0 Å². The molecule has 0 aliphatic rings. The number of aromatic amines is 1. The second kappa shape index (κ2) is 5.16. The second-order valence-corrected chi connectivity index (χ2v) is 4.68. The summed E-state index contributed by atoms with van der Waals surface area (Å²) in [5, 5.41) is 14.7. The molecule has 1 atom stereocenters. The molecule has 17 heavy (non-hydrogen) atoms. The average molecular weight is 250 g/mol. The molecule has 0 aliphatic heterocycles. The first-order valence-corrected chi connectivity index (χ1v) is 6.23. The Labute approximate surface area is 103 Å². The van der Waals surface area contributed by atoms with Crippen LogP contribution in [0.2, 0.25) is 0 Å². The molecule has 0 saturated heterocycles. The molecule has 5 heteroatoms. The van der Waals surface area contributed by atoms with E-state index in [2.05, 4.69) is 10.3 Å². The minimum atomic E-state index is -0.0444. The lowest BCUT2D eigenvalue weighted by atomic mass is 10.1. The minimum Gasteiger partial charge on any atom is -0.508 e. The van der Waals surface area contributed by atoms with Crippen molar-refractivity contribution in [1.29, 1.82) is 0 Å². The predicted molar refractivity (Wildman–Crippen MR) is 68.3 cm³/mol. The summed E-state index contributed by atoms with van der Waals surface area (Å²) in [5.41, 5.74) is 1.72. The number of aromatic nitrogens is 1. The number of H-pyrrole nitrogens is 1. The molecule has 90 valence electrons. The molecule has 0 bridgehead atoms. The Morgan fingerprint density at radius 2 is 2.24 bits per heavy atom. The van der Waals surface area contributed by atoms with Crippen LogP contribution in [0.15, 0.2) is 34.4 Å². The fourth-order valence-electron chi connectivity index (χ4n) is 1.63. The maximum absolute atomic E-state index is 11.0. The molecular weight excluding hydrogens is 236 g/mol. The zero-order valence-corrected chi connectivity index (χ0v) is 10.3. The van der Waals surface area contributed by atoms with Gasteiger partial charge in [-0.25, -0.2) is 0 Å². The van der Waals surface area contributed by atoms with Gasteiger partial charge in [0.05, 0.1) is 0 Å². The molecule has 1 unspecified atom stereocenters. The van der Waals surface area contributed by atoms with Crippen molar-refractivity contribution in [2.24, 2.45) is 0 Å². The second-order valence-electron chi connectivity index (χ2n) is 3.83. The van der Waals surface area contributed by atoms with Crippen molar-refractivity contribution in [3.63, 3.8) is 0 Å². The SMILES string of the molecule is CC(NCc1csc(=O)[nH]1)c1ccccc1O. The number of nitrogens with one attached hydrogen (secondary N) is 2. The van der Waals surface area contributed by atoms with Gasteiger partial charge in [0.1, 0.15) is 5.75 Å². The molecular formula is C12H14N2O2S. The van der Waals surface area contributed by atoms with Gasteiger partial charge in [0.25, 0.3) is 0 Å². The molecule has 2 rings (SSSR count). The highest BCUT2D eigenvalue weighted by Crippen LogP contribution is 2.23. The van der Waals surface area contributed by atoms with Gasteiger partial charge < -0.3 is 15.4 Å². The van der Waals surface area contributed by atoms with E-state index >= 15 is 0 Å². The number of benzene rings is 1. The van der Waals surface area contributed by atoms with Gasteiger partial charge >= 0.3 is 4.87 Å². The van der Waals surface area contributed by atoms with Gasteiger partial charge in [0.15, 0.2) is 0 Å². The van der Waals surface area contributed by atoms with E-state index in [-0.39, 0.29) is 16.7 Å². The smallest absolute Gasteiger partial charge is 0.304 e. The van der Waals surface area contributed by atoms with E-state index in [1.165, 1.54) is 0 Å². The molecule has 4 nitrogen and oxygen atoms in total. The monoisotopic (exact) mass is 250 g/mol. The van der Waals surface area contributed by atoms with Crippen LogP contribution in [-0.2, 0) is 6.54 Å². The lowest BCUT2D eigenvalue weighted by Gasteiger charge is -2.14. The summed E-state index contributed by atoms with van der Waals surface area (Å²) in [6.07, 6.45) is 0. The zero-order valence-electron chi connectivity index (χ0n) is 9.43. The number of hydrogen-bond acceptors (Lipinski definition) is 4. The largest absolute Gasteiger partial charge is 0.508 e. The fourth-order valence-corrected chi connectivity index (χ4v) is 2.21. The van der Waals surface area contributed by atoms with E-state index in [0.717, 1.165) is 22.6 Å². The van der Waals surface area contributed by atoms with Crippen LogP contribution in [0, 0.1) is 0 Å². The fraction of sp³-hybridized carbons (Fsp3) is 0.250. The Hall–Kier alpha value is -1.59. The van der Waals surface area contributed by atoms with Crippen molar-refractivity contribution >= 4 is 11.3 Å². The van der Waals surface area contributed by atoms with Crippen molar-refractivity contribution in [2.45, 2.75) is 19.5 Å². The van der Waals surface area contributed by atoms with Crippen LogP contribution in [0.5, 0.6) is 5.75 Å². The van der Waals surface area contributed by atoms with Crippen LogP contribution in [0.25, 0.3) is 0 Å². The Bertz CT molecular complexity index is 547. The van der Waals surface area contributed by atoms with Gasteiger partial charge in [-0.05, 0) is 13.0 Å². The summed E-state index contributed by atoms with van der Waals surface area (Å²) in [6, 6.07) is 7.25. The molecule has 1 aromatic carbocycles. The quantitative estimate of drug-likeness (QED) is 0.777. The highest BCUT2D eigenvalue weighted by molar-refractivity contribution is 7.07. The molecule has 0 aliphatic carbocycles. The van der Waals surface area contributed by atoms with Crippen molar-refractivity contribution in [3.8, 4) is 5.75 Å². The summed E-state index contributed by atoms with van der Waals surface area (Å²) in [5.74, 6) is 0.284. The molecule has 1 aromatic heterocycles. The van der Waals surface area contributed by atoms with E-state index in [1.807, 2.05) is 19.1 Å². The lowest BCUT2D eigenvalue weighted by Crippen LogP contribution is -2.18. The van der Waals surface area contributed by atoms with Crippen molar-refractivity contribution < 1.29 is 5.11 Å². The third-order valence-corrected chi connectivity index (χ3v) is 3.29. The predicted octanol–water partition coefficient (Wildman–Crippen LogP) is 1.99. The van der Waals surface area contributed by atoms with Gasteiger partial charge in [-0.2, -0.15) is 0 Å². The van der Waals surface area contributed by atoms with Crippen molar-refractivity contribution in [3.05, 3.63) is 50.6 Å². The van der Waals surface area contributed by atoms with Gasteiger partial charge in [-0.1, -0.05) is 29.5 Å². The maximum Gasteiger partial charge on any atom is 0.304 e. The summed E-state index contributed by atoms with van der Waals surface area (Å²) in [6.45, 7) is 2.55. The number of rotatable bonds is 4. The number of phenolic OH excluding ortho intramolecular Hbond substituents is 1. The van der Waals surface area contributed by atoms with Gasteiger partial charge in [0, 0.05) is 29.2 Å². The number of para-hydroxylation sites is 1. The number of thiazole rings is 1. The van der Waals surface area contributed by atoms with Gasteiger partial charge in [-0.3, -0.25) is 4.79 Å². The molecule has 0 spiro atoms. The first kappa shape index (κ1) is 11.9. The van der Waals surface area contributed by atoms with E-state index in [4.69, 9.17) is 0 Å². The minimum absolute atomic E-state index is 0.0274. The Morgan fingerprint density at radius 1 is 1.47 bits per heavy atom. The van der Waals surface area contributed by atoms with Crippen LogP contribution >= 0.6 is 11.3 Å². The number of hydrogen-bond donors (Lipinski definition) is 3. The third-order valence-electron chi connectivity index (χ3n) is 2.57. The van der Waals surface area contributed by atoms with E-state index in [1.54, 1.807) is 17.5 Å². The third kappa shape index (κ3) is 2.95. The standard InChI is InChI=1S/C12H14N2O2S/c1-8(10-4-2-3-5-11(10)15)13-6-9-7-17-12(16)14-9/h2-5,7-8,13,15H,6H2,1H3,(H,14,16). The molecule has 0 radical (unpaired) electrons. The normalized spacial score (nSPS) is 12.5. The summed E-state index contributed by atoms with van der Waals surface area (Å²) < 4.78 is 0. The molecule has 3 N–H and O–H groups in total. The Balaban J connectivity index is 2.00. The van der Waals surface area contributed by atoms with E-state index in [0.29, 0.717) is 6.54 Å². The molecule has 0 fully saturated rings. The van der Waals surface area contributed by atoms with Crippen molar-refractivity contribution in [1.82, 2.24) is 10.3 Å². The van der Waals surface area contributed by atoms with E-state index < -0.39 is 0 Å². The van der Waals surface area contributed by atoms with E-state index in [9.17, 15) is 9.90 Å². The number of aromatic hydroxyl groups is 1. The van der Waals surface area contributed by atoms with Crippen LogP contribution < -0.4 is 10.2 Å². The molecule has 1 heterocycles. The van der Waals surface area contributed by atoms with Crippen LogP contribution in [-0.4, -0.2) is 10.1 Å². The Kier molecular flexibility index (Phi) is 3.61. The van der Waals surface area contributed by atoms with Gasteiger partial charge in [-0.15, -0.1) is 0 Å². The molecule has 2 aromatic rings. The molecule has 0 amide bonds. The summed E-state index contributed by atoms with van der Waals surface area (Å²) >= 11 is 1.15. The maximum atomic E-state index is 11.0. The zero-order chi connectivity index (χ0) is 12.3. The highest BCUT2D eigenvalue weighted by atomic mass is 32.1. The summed E-state index contributed by atoms with van der Waals surface area (Å²) in [7, 11) is 0. The first-order chi connectivity index (χ1) is 8.16. The summed E-state index contributed by atoms with van der Waals surface area (Å²) in [4.78, 5) is 13.6. The molecule has 0 saturated carbocycles. The van der Waals surface area contributed by atoms with Crippen LogP contribution in [0.1, 0.15) is 24.2 Å². The van der Waals surface area contributed by atoms with Crippen LogP contribution in [0.4, 0.5) is 0 Å². The van der Waals surface area contributed by atoms with Gasteiger partial charge in [0.2, 0.25) is 0 Å².